The van der Waals surface area contributed by atoms with E-state index < -0.39 is 46.5 Å². The van der Waals surface area contributed by atoms with Crippen molar-refractivity contribution in [2.75, 3.05) is 0 Å². The van der Waals surface area contributed by atoms with Gasteiger partial charge in [0.15, 0.2) is 0 Å². The van der Waals surface area contributed by atoms with Crippen molar-refractivity contribution in [2.24, 2.45) is 22.7 Å². The average molecular weight is 354 g/mol. The summed E-state index contributed by atoms with van der Waals surface area (Å²) in [7, 11) is 0. The monoisotopic (exact) mass is 354 g/mol. The molecular weight excluding hydrogens is 328 g/mol. The minimum absolute atomic E-state index is 0.342. The lowest BCUT2D eigenvalue weighted by molar-refractivity contribution is -0.185. The van der Waals surface area contributed by atoms with Gasteiger partial charge in [-0.15, -0.1) is 0 Å². The molecule has 2 saturated carbocycles. The van der Waals surface area contributed by atoms with Gasteiger partial charge in [0, 0.05) is 0 Å². The van der Waals surface area contributed by atoms with Crippen molar-refractivity contribution in [1.29, 1.82) is 0 Å². The van der Waals surface area contributed by atoms with Gasteiger partial charge in [-0.25, -0.2) is 0 Å². The molecule has 7 heteroatoms. The van der Waals surface area contributed by atoms with Gasteiger partial charge in [-0.1, -0.05) is 25.7 Å². The topological polar surface area (TPSA) is 118 Å². The highest BCUT2D eigenvalue weighted by Crippen LogP contribution is 2.45. The Morgan fingerprint density at radius 3 is 1.44 bits per heavy atom. The minimum Gasteiger partial charge on any atom is -0.481 e. The Morgan fingerprint density at radius 2 is 1.12 bits per heavy atom. The predicted octanol–water partition coefficient (Wildman–Crippen LogP) is 2.62. The number of ether oxygens (including phenoxy) is 1. The number of hydrogen-bond donors (Lipinski definition) is 2. The smallest absolute Gasteiger partial charge is 0.320 e. The van der Waals surface area contributed by atoms with E-state index >= 15 is 0 Å². The molecule has 140 valence electrons. The second-order valence-electron chi connectivity index (χ2n) is 7.79. The normalized spacial score (nSPS) is 35.6. The van der Waals surface area contributed by atoms with Crippen molar-refractivity contribution in [2.45, 2.75) is 65.2 Å². The highest BCUT2D eigenvalue weighted by atomic mass is 16.6. The Hall–Kier alpha value is -1.92. The predicted molar refractivity (Wildman–Crippen MR) is 86.5 cm³/mol. The molecule has 0 aromatic heterocycles. The van der Waals surface area contributed by atoms with Crippen LogP contribution < -0.4 is 0 Å². The van der Waals surface area contributed by atoms with Crippen LogP contribution in [0.5, 0.6) is 0 Å². The van der Waals surface area contributed by atoms with E-state index in [9.17, 15) is 29.4 Å². The molecule has 25 heavy (non-hydrogen) atoms. The van der Waals surface area contributed by atoms with Crippen LogP contribution in [-0.2, 0) is 23.9 Å². The Bertz CT molecular complexity index is 534. The molecule has 0 saturated heterocycles. The molecule has 0 radical (unpaired) electrons. The first-order valence-corrected chi connectivity index (χ1v) is 8.85. The maximum Gasteiger partial charge on any atom is 0.320 e. The first-order valence-electron chi connectivity index (χ1n) is 8.85. The van der Waals surface area contributed by atoms with Crippen molar-refractivity contribution >= 4 is 23.9 Å². The molecule has 7 nitrogen and oxygen atoms in total. The van der Waals surface area contributed by atoms with Crippen LogP contribution in [-0.4, -0.2) is 34.1 Å². The quantitative estimate of drug-likeness (QED) is 0.588. The number of carbonyl (C=O) groups excluding carboxylic acids is 2. The molecule has 2 N–H and O–H groups in total. The van der Waals surface area contributed by atoms with Crippen molar-refractivity contribution < 1.29 is 34.1 Å². The zero-order valence-electron chi connectivity index (χ0n) is 14.7. The van der Waals surface area contributed by atoms with Gasteiger partial charge in [-0.2, -0.15) is 0 Å². The van der Waals surface area contributed by atoms with Crippen LogP contribution >= 0.6 is 0 Å². The van der Waals surface area contributed by atoms with Crippen LogP contribution in [0.3, 0.4) is 0 Å². The van der Waals surface area contributed by atoms with Gasteiger partial charge in [-0.3, -0.25) is 19.2 Å². The second-order valence-corrected chi connectivity index (χ2v) is 7.79. The van der Waals surface area contributed by atoms with Crippen LogP contribution in [0.4, 0.5) is 0 Å². The summed E-state index contributed by atoms with van der Waals surface area (Å²) >= 11 is 0. The summed E-state index contributed by atoms with van der Waals surface area (Å²) < 4.78 is 5.09. The molecule has 0 heterocycles. The Morgan fingerprint density at radius 1 is 0.760 bits per heavy atom. The second kappa shape index (κ2) is 7.14. The number of esters is 2. The van der Waals surface area contributed by atoms with E-state index in [4.69, 9.17) is 4.74 Å². The lowest BCUT2D eigenvalue weighted by Gasteiger charge is -2.39. The lowest BCUT2D eigenvalue weighted by atomic mass is 9.66. The molecule has 0 amide bonds. The van der Waals surface area contributed by atoms with Crippen LogP contribution in [0.15, 0.2) is 0 Å². The van der Waals surface area contributed by atoms with Crippen molar-refractivity contribution in [3.05, 3.63) is 0 Å². The zero-order valence-corrected chi connectivity index (χ0v) is 14.7. The van der Waals surface area contributed by atoms with E-state index in [1.807, 2.05) is 0 Å². The van der Waals surface area contributed by atoms with Gasteiger partial charge in [0.05, 0.1) is 22.7 Å². The maximum atomic E-state index is 12.7. The van der Waals surface area contributed by atoms with Gasteiger partial charge >= 0.3 is 23.9 Å². The molecule has 0 aliphatic heterocycles. The Balaban J connectivity index is 2.19. The summed E-state index contributed by atoms with van der Waals surface area (Å²) in [6.07, 6.45) is 4.23. The van der Waals surface area contributed by atoms with Crippen LogP contribution in [0.1, 0.15) is 65.2 Å². The van der Waals surface area contributed by atoms with Crippen molar-refractivity contribution in [1.82, 2.24) is 0 Å². The van der Waals surface area contributed by atoms with Crippen molar-refractivity contribution in [3.63, 3.8) is 0 Å². The van der Waals surface area contributed by atoms with Gasteiger partial charge in [-0.05, 0) is 39.5 Å². The SMILES string of the molecule is CC1(C(=O)OC(=O)C2(C)CCCCC2C(=O)O)CCCCC1C(=O)O. The molecule has 4 unspecified atom stereocenters. The van der Waals surface area contributed by atoms with Gasteiger partial charge in [0.2, 0.25) is 0 Å². The summed E-state index contributed by atoms with van der Waals surface area (Å²) in [6, 6.07) is 0. The van der Waals surface area contributed by atoms with E-state index in [-0.39, 0.29) is 0 Å². The summed E-state index contributed by atoms with van der Waals surface area (Å²) in [4.78, 5) is 48.3. The summed E-state index contributed by atoms with van der Waals surface area (Å²) in [6.45, 7) is 3.05. The molecule has 0 bridgehead atoms. The molecule has 0 aromatic rings. The fourth-order valence-electron chi connectivity index (χ4n) is 4.26. The molecule has 2 aliphatic rings. The Labute approximate surface area is 146 Å². The number of rotatable bonds is 4. The van der Waals surface area contributed by atoms with E-state index in [1.54, 1.807) is 0 Å². The number of carboxylic acid groups (broad SMARTS) is 2. The minimum atomic E-state index is -1.26. The third-order valence-corrected chi connectivity index (χ3v) is 6.13. The largest absolute Gasteiger partial charge is 0.481 e. The van der Waals surface area contributed by atoms with E-state index in [1.165, 1.54) is 13.8 Å². The summed E-state index contributed by atoms with van der Waals surface area (Å²) in [5, 5.41) is 18.8. The molecule has 2 fully saturated rings. The maximum absolute atomic E-state index is 12.7. The van der Waals surface area contributed by atoms with E-state index in [0.29, 0.717) is 51.4 Å². The fourth-order valence-corrected chi connectivity index (χ4v) is 4.26. The molecule has 2 rings (SSSR count). The van der Waals surface area contributed by atoms with Gasteiger partial charge in [0.25, 0.3) is 0 Å². The summed E-state index contributed by atoms with van der Waals surface area (Å²) in [5.41, 5.74) is -2.52. The van der Waals surface area contributed by atoms with Gasteiger partial charge in [0.1, 0.15) is 0 Å². The Kier molecular flexibility index (Phi) is 5.54. The molecule has 4 atom stereocenters. The van der Waals surface area contributed by atoms with Gasteiger partial charge < -0.3 is 14.9 Å². The standard InChI is InChI=1S/C18H26O7/c1-17(9-5-3-7-11(17)13(19)20)15(23)25-16(24)18(2)10-6-4-8-12(18)14(21)22/h11-12H,3-10H2,1-2H3,(H,19,20)(H,21,22). The number of carbonyl (C=O) groups is 4. The first kappa shape index (κ1) is 19.4. The van der Waals surface area contributed by atoms with Crippen molar-refractivity contribution in [3.8, 4) is 0 Å². The van der Waals surface area contributed by atoms with Crippen LogP contribution in [0.2, 0.25) is 0 Å². The molecule has 0 aromatic carbocycles. The molecule has 0 spiro atoms. The number of carboxylic acids is 2. The van der Waals surface area contributed by atoms with E-state index in [2.05, 4.69) is 0 Å². The first-order chi connectivity index (χ1) is 11.6. The molecule has 2 aliphatic carbocycles. The fraction of sp³-hybridized carbons (Fsp3) is 0.778. The van der Waals surface area contributed by atoms with Crippen LogP contribution in [0, 0.1) is 22.7 Å². The number of hydrogen-bond acceptors (Lipinski definition) is 5. The highest BCUT2D eigenvalue weighted by Gasteiger charge is 2.52. The summed E-state index contributed by atoms with van der Waals surface area (Å²) in [5.74, 6) is -5.62. The van der Waals surface area contributed by atoms with Crippen LogP contribution in [0.25, 0.3) is 0 Å². The third kappa shape index (κ3) is 3.55. The van der Waals surface area contributed by atoms with E-state index in [0.717, 1.165) is 0 Å². The third-order valence-electron chi connectivity index (χ3n) is 6.13. The average Bonchev–Trinajstić information content (AvgIpc) is 2.54. The highest BCUT2D eigenvalue weighted by molar-refractivity contribution is 5.95. The number of aliphatic carboxylic acids is 2. The lowest BCUT2D eigenvalue weighted by Crippen LogP contribution is -2.48. The molecular formula is C18H26O7. The zero-order chi connectivity index (χ0) is 18.8.